The maximum atomic E-state index is 12.2. The molecule has 1 N–H and O–H groups in total. The third-order valence-electron chi connectivity index (χ3n) is 4.83. The fraction of sp³-hybridized carbons (Fsp3) is 0.875. The highest BCUT2D eigenvalue weighted by Crippen LogP contribution is 2.33. The molecule has 0 spiro atoms. The molecular formula is C16H28N2O2. The van der Waals surface area contributed by atoms with E-state index in [9.17, 15) is 9.59 Å². The van der Waals surface area contributed by atoms with Gasteiger partial charge in [-0.05, 0) is 45.6 Å². The average molecular weight is 280 g/mol. The van der Waals surface area contributed by atoms with Crippen LogP contribution in [-0.4, -0.2) is 41.8 Å². The third-order valence-corrected chi connectivity index (χ3v) is 4.83. The summed E-state index contributed by atoms with van der Waals surface area (Å²) in [6, 6.07) is 0.189. The zero-order valence-electron chi connectivity index (χ0n) is 12.9. The van der Waals surface area contributed by atoms with Crippen molar-refractivity contribution in [2.24, 2.45) is 5.92 Å². The van der Waals surface area contributed by atoms with E-state index in [-0.39, 0.29) is 17.9 Å². The molecular weight excluding hydrogens is 252 g/mol. The molecule has 3 atom stereocenters. The summed E-state index contributed by atoms with van der Waals surface area (Å²) in [4.78, 5) is 26.6. The summed E-state index contributed by atoms with van der Waals surface area (Å²) in [5.74, 6) is 0.712. The smallest absolute Gasteiger partial charge is 0.237 e. The molecule has 2 aliphatic rings. The van der Waals surface area contributed by atoms with Crippen molar-refractivity contribution < 1.29 is 9.59 Å². The Labute approximate surface area is 122 Å². The molecule has 0 aromatic rings. The van der Waals surface area contributed by atoms with Crippen molar-refractivity contribution in [2.75, 3.05) is 13.1 Å². The summed E-state index contributed by atoms with van der Waals surface area (Å²) in [5.41, 5.74) is 0. The van der Waals surface area contributed by atoms with Gasteiger partial charge in [-0.25, -0.2) is 0 Å². The van der Waals surface area contributed by atoms with E-state index in [0.29, 0.717) is 11.8 Å². The Balaban J connectivity index is 1.99. The van der Waals surface area contributed by atoms with Crippen molar-refractivity contribution >= 4 is 11.7 Å². The molecule has 0 aromatic heterocycles. The number of rotatable bonds is 5. The van der Waals surface area contributed by atoms with Crippen LogP contribution in [0.15, 0.2) is 0 Å². The quantitative estimate of drug-likeness (QED) is 0.839. The molecule has 0 radical (unpaired) electrons. The number of hydrogen-bond acceptors (Lipinski definition) is 3. The topological polar surface area (TPSA) is 49.4 Å². The van der Waals surface area contributed by atoms with Gasteiger partial charge in [-0.3, -0.25) is 14.5 Å². The average Bonchev–Trinajstić information content (AvgIpc) is 2.93. The van der Waals surface area contributed by atoms with Crippen LogP contribution >= 0.6 is 0 Å². The van der Waals surface area contributed by atoms with Crippen LogP contribution in [0.1, 0.15) is 58.8 Å². The predicted octanol–water partition coefficient (Wildman–Crippen LogP) is 2.12. The highest BCUT2D eigenvalue weighted by molar-refractivity contribution is 5.83. The Hall–Kier alpha value is -0.900. The molecule has 1 saturated heterocycles. The SMILES string of the molecule is CCCNC(=O)C(C)N1CCCC1C1CCCCC1=O. The predicted molar refractivity (Wildman–Crippen MR) is 79.5 cm³/mol. The Morgan fingerprint density at radius 2 is 2.15 bits per heavy atom. The van der Waals surface area contributed by atoms with Crippen LogP contribution in [-0.2, 0) is 9.59 Å². The van der Waals surface area contributed by atoms with E-state index in [2.05, 4.69) is 17.1 Å². The molecule has 1 saturated carbocycles. The molecule has 20 heavy (non-hydrogen) atoms. The first kappa shape index (κ1) is 15.5. The zero-order valence-corrected chi connectivity index (χ0v) is 12.9. The molecule has 4 nitrogen and oxygen atoms in total. The summed E-state index contributed by atoms with van der Waals surface area (Å²) in [5, 5.41) is 2.98. The minimum absolute atomic E-state index is 0.108. The molecule has 2 rings (SSSR count). The molecule has 3 unspecified atom stereocenters. The fourth-order valence-corrected chi connectivity index (χ4v) is 3.69. The lowest BCUT2D eigenvalue weighted by molar-refractivity contribution is -0.131. The fourth-order valence-electron chi connectivity index (χ4n) is 3.69. The van der Waals surface area contributed by atoms with Gasteiger partial charge in [0.15, 0.2) is 0 Å². The molecule has 114 valence electrons. The molecule has 0 aromatic carbocycles. The van der Waals surface area contributed by atoms with E-state index >= 15 is 0 Å². The van der Waals surface area contributed by atoms with E-state index in [1.165, 1.54) is 0 Å². The van der Waals surface area contributed by atoms with Crippen LogP contribution in [0.2, 0.25) is 0 Å². The molecule has 4 heteroatoms. The maximum absolute atomic E-state index is 12.2. The zero-order chi connectivity index (χ0) is 14.5. The second kappa shape index (κ2) is 7.21. The number of carbonyl (C=O) groups excluding carboxylic acids is 2. The maximum Gasteiger partial charge on any atom is 0.237 e. The van der Waals surface area contributed by atoms with E-state index in [1.807, 2.05) is 6.92 Å². The summed E-state index contributed by atoms with van der Waals surface area (Å²) in [7, 11) is 0. The van der Waals surface area contributed by atoms with Crippen molar-refractivity contribution in [1.29, 1.82) is 0 Å². The van der Waals surface area contributed by atoms with E-state index < -0.39 is 0 Å². The van der Waals surface area contributed by atoms with Crippen molar-refractivity contribution in [3.05, 3.63) is 0 Å². The van der Waals surface area contributed by atoms with Gasteiger partial charge in [-0.2, -0.15) is 0 Å². The third kappa shape index (κ3) is 3.40. The number of nitrogens with one attached hydrogen (secondary N) is 1. The van der Waals surface area contributed by atoms with Gasteiger partial charge < -0.3 is 5.32 Å². The van der Waals surface area contributed by atoms with Crippen molar-refractivity contribution in [3.8, 4) is 0 Å². The number of hydrogen-bond donors (Lipinski definition) is 1. The van der Waals surface area contributed by atoms with Crippen molar-refractivity contribution in [3.63, 3.8) is 0 Å². The summed E-state index contributed by atoms with van der Waals surface area (Å²) >= 11 is 0. The Morgan fingerprint density at radius 1 is 1.35 bits per heavy atom. The Morgan fingerprint density at radius 3 is 2.85 bits per heavy atom. The lowest BCUT2D eigenvalue weighted by Gasteiger charge is -2.36. The van der Waals surface area contributed by atoms with Gasteiger partial charge in [0.25, 0.3) is 0 Å². The minimum atomic E-state index is -0.108. The second-order valence-electron chi connectivity index (χ2n) is 6.23. The standard InChI is InChI=1S/C16H28N2O2/c1-3-10-17-16(20)12(2)18-11-6-8-14(18)13-7-4-5-9-15(13)19/h12-14H,3-11H2,1-2H3,(H,17,20). The molecule has 2 fully saturated rings. The summed E-state index contributed by atoms with van der Waals surface area (Å²) in [6.45, 7) is 5.74. The highest BCUT2D eigenvalue weighted by Gasteiger charge is 2.39. The van der Waals surface area contributed by atoms with Gasteiger partial charge in [0.1, 0.15) is 5.78 Å². The largest absolute Gasteiger partial charge is 0.355 e. The van der Waals surface area contributed by atoms with Gasteiger partial charge in [-0.1, -0.05) is 13.3 Å². The number of nitrogens with zero attached hydrogens (tertiary/aromatic N) is 1. The monoisotopic (exact) mass is 280 g/mol. The number of amides is 1. The van der Waals surface area contributed by atoms with E-state index in [4.69, 9.17) is 0 Å². The number of Topliss-reactive ketones (excluding diaryl/α,β-unsaturated/α-hetero) is 1. The first-order valence-electron chi connectivity index (χ1n) is 8.21. The second-order valence-corrected chi connectivity index (χ2v) is 6.23. The number of ketones is 1. The van der Waals surface area contributed by atoms with Crippen LogP contribution in [0.25, 0.3) is 0 Å². The number of carbonyl (C=O) groups is 2. The van der Waals surface area contributed by atoms with Gasteiger partial charge in [0.05, 0.1) is 6.04 Å². The summed E-state index contributed by atoms with van der Waals surface area (Å²) in [6.07, 6.45) is 7.12. The minimum Gasteiger partial charge on any atom is -0.355 e. The van der Waals surface area contributed by atoms with E-state index in [1.54, 1.807) is 0 Å². The van der Waals surface area contributed by atoms with Gasteiger partial charge in [-0.15, -0.1) is 0 Å². The first-order valence-corrected chi connectivity index (χ1v) is 8.21. The van der Waals surface area contributed by atoms with Crippen LogP contribution in [0.3, 0.4) is 0 Å². The Kier molecular flexibility index (Phi) is 5.58. The highest BCUT2D eigenvalue weighted by atomic mass is 16.2. The molecule has 1 aliphatic heterocycles. The lowest BCUT2D eigenvalue weighted by Crippen LogP contribution is -2.50. The Bertz CT molecular complexity index is 356. The van der Waals surface area contributed by atoms with Gasteiger partial charge >= 0.3 is 0 Å². The normalized spacial score (nSPS) is 29.4. The van der Waals surface area contributed by atoms with Crippen LogP contribution in [0.4, 0.5) is 0 Å². The molecule has 1 aliphatic carbocycles. The van der Waals surface area contributed by atoms with Crippen LogP contribution in [0.5, 0.6) is 0 Å². The van der Waals surface area contributed by atoms with Gasteiger partial charge in [0.2, 0.25) is 5.91 Å². The number of likely N-dealkylation sites (tertiary alicyclic amines) is 1. The molecule has 1 heterocycles. The molecule has 0 bridgehead atoms. The van der Waals surface area contributed by atoms with Gasteiger partial charge in [0, 0.05) is 24.9 Å². The van der Waals surface area contributed by atoms with Crippen LogP contribution in [0, 0.1) is 5.92 Å². The molecule has 1 amide bonds. The lowest BCUT2D eigenvalue weighted by atomic mass is 9.81. The summed E-state index contributed by atoms with van der Waals surface area (Å²) < 4.78 is 0. The van der Waals surface area contributed by atoms with E-state index in [0.717, 1.165) is 58.0 Å². The van der Waals surface area contributed by atoms with Crippen LogP contribution < -0.4 is 5.32 Å². The first-order chi connectivity index (χ1) is 9.65. The van der Waals surface area contributed by atoms with Crippen molar-refractivity contribution in [1.82, 2.24) is 10.2 Å². The van der Waals surface area contributed by atoms with Crippen molar-refractivity contribution in [2.45, 2.75) is 70.9 Å².